The molecular weight excluding hydrogens is 402 g/mol. The number of rotatable bonds is 7. The third kappa shape index (κ3) is 4.41. The smallest absolute Gasteiger partial charge is 0.236 e. The van der Waals surface area contributed by atoms with Gasteiger partial charge in [-0.15, -0.1) is 11.3 Å². The van der Waals surface area contributed by atoms with Crippen LogP contribution in [0.25, 0.3) is 10.2 Å². The number of carbonyl (C=O) groups excluding carboxylic acids is 2. The third-order valence-corrected chi connectivity index (χ3v) is 7.41. The first kappa shape index (κ1) is 21.0. The van der Waals surface area contributed by atoms with Crippen LogP contribution in [0.3, 0.4) is 0 Å². The maximum atomic E-state index is 12.3. The molecule has 3 N–H and O–H groups in total. The average Bonchev–Trinajstić information content (AvgIpc) is 3.27. The highest BCUT2D eigenvalue weighted by Crippen LogP contribution is 2.47. The summed E-state index contributed by atoms with van der Waals surface area (Å²) in [6.45, 7) is -0.129. The van der Waals surface area contributed by atoms with E-state index in [0.717, 1.165) is 54.3 Å². The molecule has 0 bridgehead atoms. The molecule has 2 aromatic rings. The molecule has 1 atom stereocenters. The van der Waals surface area contributed by atoms with Crippen molar-refractivity contribution in [1.29, 1.82) is 0 Å². The van der Waals surface area contributed by atoms with Crippen LogP contribution in [0.15, 0.2) is 6.33 Å². The number of nitrogens with one attached hydrogen (secondary N) is 1. The summed E-state index contributed by atoms with van der Waals surface area (Å²) in [5.74, 6) is 0.0338. The van der Waals surface area contributed by atoms with E-state index < -0.39 is 5.91 Å². The van der Waals surface area contributed by atoms with Gasteiger partial charge < -0.3 is 20.7 Å². The van der Waals surface area contributed by atoms with Crippen molar-refractivity contribution < 1.29 is 14.3 Å². The van der Waals surface area contributed by atoms with Crippen LogP contribution < -0.4 is 15.8 Å². The molecule has 0 aromatic carbocycles. The van der Waals surface area contributed by atoms with Gasteiger partial charge in [0.2, 0.25) is 17.7 Å². The second-order valence-corrected chi connectivity index (χ2v) is 9.58. The lowest BCUT2D eigenvalue weighted by Crippen LogP contribution is -2.35. The molecule has 1 saturated carbocycles. The summed E-state index contributed by atoms with van der Waals surface area (Å²) >= 11 is 1.67. The molecule has 2 heterocycles. The zero-order chi connectivity index (χ0) is 21.3. The Hall–Kier alpha value is -2.26. The molecule has 0 aliphatic heterocycles. The Morgan fingerprint density at radius 2 is 2.00 bits per heavy atom. The SMILES string of the molecule is CN(C)[C@H]1CC[C@H](Oc2ncnc3sc4c(c23)[C@@H](CC(=O)NCC(N)=O)CC4)CC1. The Morgan fingerprint density at radius 3 is 2.70 bits per heavy atom. The molecule has 1 fully saturated rings. The van der Waals surface area contributed by atoms with Gasteiger partial charge in [0, 0.05) is 17.3 Å². The number of carbonyl (C=O) groups is 2. The zero-order valence-corrected chi connectivity index (χ0v) is 18.3. The highest BCUT2D eigenvalue weighted by atomic mass is 32.1. The molecule has 0 saturated heterocycles. The van der Waals surface area contributed by atoms with Crippen LogP contribution in [0.1, 0.15) is 54.9 Å². The van der Waals surface area contributed by atoms with Gasteiger partial charge in [-0.1, -0.05) is 0 Å². The maximum absolute atomic E-state index is 12.3. The summed E-state index contributed by atoms with van der Waals surface area (Å²) in [5, 5.41) is 3.57. The zero-order valence-electron chi connectivity index (χ0n) is 17.5. The number of hydrogen-bond donors (Lipinski definition) is 2. The lowest BCUT2D eigenvalue weighted by molar-refractivity contribution is -0.125. The molecular formula is C21H29N5O3S. The Kier molecular flexibility index (Phi) is 6.19. The Balaban J connectivity index is 1.52. The highest BCUT2D eigenvalue weighted by molar-refractivity contribution is 7.19. The standard InChI is InChI=1S/C21H29N5O3S/c1-26(2)13-4-6-14(7-5-13)29-20-19-18-12(9-17(28)23-10-16(22)27)3-8-15(18)30-21(19)25-11-24-20/h11-14H,3-10H2,1-2H3,(H2,22,27)(H,23,28)/t12-,13-,14-/m1/s1. The van der Waals surface area contributed by atoms with E-state index in [-0.39, 0.29) is 24.5 Å². The van der Waals surface area contributed by atoms with Crippen LogP contribution in [0.2, 0.25) is 0 Å². The first-order valence-corrected chi connectivity index (χ1v) is 11.4. The lowest BCUT2D eigenvalue weighted by atomic mass is 9.92. The van der Waals surface area contributed by atoms with Gasteiger partial charge in [-0.05, 0) is 64.1 Å². The van der Waals surface area contributed by atoms with Crippen LogP contribution >= 0.6 is 11.3 Å². The quantitative estimate of drug-likeness (QED) is 0.693. The summed E-state index contributed by atoms with van der Waals surface area (Å²) in [7, 11) is 4.27. The number of amides is 2. The number of aromatic nitrogens is 2. The van der Waals surface area contributed by atoms with Crippen LogP contribution in [0.4, 0.5) is 0 Å². The van der Waals surface area contributed by atoms with Gasteiger partial charge in [0.25, 0.3) is 0 Å². The molecule has 2 aliphatic rings. The maximum Gasteiger partial charge on any atom is 0.236 e. The van der Waals surface area contributed by atoms with Crippen molar-refractivity contribution in [1.82, 2.24) is 20.2 Å². The van der Waals surface area contributed by atoms with Gasteiger partial charge in [-0.2, -0.15) is 0 Å². The van der Waals surface area contributed by atoms with E-state index in [1.54, 1.807) is 17.7 Å². The van der Waals surface area contributed by atoms with Crippen LogP contribution in [0, 0.1) is 0 Å². The van der Waals surface area contributed by atoms with Gasteiger partial charge in [0.15, 0.2) is 0 Å². The van der Waals surface area contributed by atoms with E-state index in [9.17, 15) is 9.59 Å². The van der Waals surface area contributed by atoms with E-state index in [1.807, 2.05) is 0 Å². The van der Waals surface area contributed by atoms with E-state index in [4.69, 9.17) is 10.5 Å². The number of thiophene rings is 1. The summed E-state index contributed by atoms with van der Waals surface area (Å²) in [4.78, 5) is 36.6. The van der Waals surface area contributed by atoms with Crippen molar-refractivity contribution in [2.75, 3.05) is 20.6 Å². The lowest BCUT2D eigenvalue weighted by Gasteiger charge is -2.32. The monoisotopic (exact) mass is 431 g/mol. The summed E-state index contributed by atoms with van der Waals surface area (Å²) in [6.07, 6.45) is 8.17. The first-order valence-electron chi connectivity index (χ1n) is 10.6. The summed E-state index contributed by atoms with van der Waals surface area (Å²) in [5.41, 5.74) is 6.28. The number of primary amides is 1. The van der Waals surface area contributed by atoms with Crippen LogP contribution in [-0.2, 0) is 16.0 Å². The number of aryl methyl sites for hydroxylation is 1. The molecule has 0 spiro atoms. The topological polar surface area (TPSA) is 110 Å². The Morgan fingerprint density at radius 1 is 1.23 bits per heavy atom. The van der Waals surface area contributed by atoms with Gasteiger partial charge in [-0.25, -0.2) is 9.97 Å². The van der Waals surface area contributed by atoms with Gasteiger partial charge >= 0.3 is 0 Å². The number of nitrogens with two attached hydrogens (primary N) is 1. The van der Waals surface area contributed by atoms with Crippen molar-refractivity contribution in [3.8, 4) is 5.88 Å². The predicted octanol–water partition coefficient (Wildman–Crippen LogP) is 1.96. The predicted molar refractivity (Wildman–Crippen MR) is 116 cm³/mol. The van der Waals surface area contributed by atoms with Crippen molar-refractivity contribution in [2.24, 2.45) is 5.73 Å². The van der Waals surface area contributed by atoms with Crippen molar-refractivity contribution in [2.45, 2.75) is 63.0 Å². The molecule has 9 heteroatoms. The largest absolute Gasteiger partial charge is 0.474 e. The van der Waals surface area contributed by atoms with Crippen molar-refractivity contribution in [3.05, 3.63) is 16.8 Å². The molecule has 30 heavy (non-hydrogen) atoms. The van der Waals surface area contributed by atoms with Crippen molar-refractivity contribution >= 4 is 33.4 Å². The number of fused-ring (bicyclic) bond motifs is 3. The Bertz CT molecular complexity index is 936. The van der Waals surface area contributed by atoms with Crippen LogP contribution in [-0.4, -0.2) is 59.5 Å². The number of nitrogens with zero attached hydrogens (tertiary/aromatic N) is 3. The minimum absolute atomic E-state index is 0.0828. The normalized spacial score (nSPS) is 23.5. The summed E-state index contributed by atoms with van der Waals surface area (Å²) < 4.78 is 6.39. The first-order chi connectivity index (χ1) is 14.4. The second-order valence-electron chi connectivity index (χ2n) is 8.49. The number of ether oxygens (including phenoxy) is 1. The van der Waals surface area contributed by atoms with Gasteiger partial charge in [-0.3, -0.25) is 9.59 Å². The van der Waals surface area contributed by atoms with E-state index in [0.29, 0.717) is 18.3 Å². The number of hydrogen-bond acceptors (Lipinski definition) is 7. The van der Waals surface area contributed by atoms with Crippen molar-refractivity contribution in [3.63, 3.8) is 0 Å². The second kappa shape index (κ2) is 8.85. The molecule has 8 nitrogen and oxygen atoms in total. The Labute approximate surface area is 180 Å². The molecule has 4 rings (SSSR count). The fourth-order valence-corrected chi connectivity index (χ4v) is 5.88. The fourth-order valence-electron chi connectivity index (χ4n) is 4.65. The molecule has 2 aliphatic carbocycles. The third-order valence-electron chi connectivity index (χ3n) is 6.24. The molecule has 2 amide bonds. The van der Waals surface area contributed by atoms with Gasteiger partial charge in [0.1, 0.15) is 17.3 Å². The average molecular weight is 432 g/mol. The van der Waals surface area contributed by atoms with E-state index >= 15 is 0 Å². The molecule has 162 valence electrons. The summed E-state index contributed by atoms with van der Waals surface area (Å²) in [6, 6.07) is 0.615. The van der Waals surface area contributed by atoms with E-state index in [2.05, 4.69) is 34.3 Å². The fraction of sp³-hybridized carbons (Fsp3) is 0.619. The molecule has 0 radical (unpaired) electrons. The molecule has 0 unspecified atom stereocenters. The minimum atomic E-state index is -0.537. The van der Waals surface area contributed by atoms with Gasteiger partial charge in [0.05, 0.1) is 11.9 Å². The highest BCUT2D eigenvalue weighted by Gasteiger charge is 2.32. The molecule has 2 aromatic heterocycles. The van der Waals surface area contributed by atoms with Crippen LogP contribution in [0.5, 0.6) is 5.88 Å². The van der Waals surface area contributed by atoms with E-state index in [1.165, 1.54) is 4.88 Å². The minimum Gasteiger partial charge on any atom is -0.474 e.